The molecule has 0 unspecified atom stereocenters. The first kappa shape index (κ1) is 18.9. The summed E-state index contributed by atoms with van der Waals surface area (Å²) in [6.45, 7) is 6.51. The first-order chi connectivity index (χ1) is 13.9. The molecule has 146 valence electrons. The van der Waals surface area contributed by atoms with Crippen LogP contribution in [0.2, 0.25) is 0 Å². The van der Waals surface area contributed by atoms with Crippen molar-refractivity contribution < 1.29 is 9.13 Å². The van der Waals surface area contributed by atoms with E-state index in [-0.39, 0.29) is 5.41 Å². The number of aryl methyl sites for hydroxylation is 1. The van der Waals surface area contributed by atoms with Gasteiger partial charge in [0.1, 0.15) is 5.75 Å². The van der Waals surface area contributed by atoms with E-state index in [2.05, 4.69) is 67.3 Å². The van der Waals surface area contributed by atoms with Gasteiger partial charge in [-0.3, -0.25) is 0 Å². The highest BCUT2D eigenvalue weighted by molar-refractivity contribution is 5.41. The van der Waals surface area contributed by atoms with Crippen molar-refractivity contribution in [3.05, 3.63) is 102 Å². The standard InChI is InChI=1S/C24H22FN3O/c1-17-7-9-18(10-8-17)24(2,3)19-11-13-21(14-12-19)29-23-6-4-5-22(27-23)28-16-20(25)15-26-28/h4-16H,1-3H3. The maximum absolute atomic E-state index is 13.2. The molecule has 5 heteroatoms. The molecule has 0 aliphatic heterocycles. The average molecular weight is 387 g/mol. The molecule has 4 rings (SSSR count). The van der Waals surface area contributed by atoms with E-state index in [1.54, 1.807) is 18.2 Å². The van der Waals surface area contributed by atoms with Crippen molar-refractivity contribution in [2.45, 2.75) is 26.2 Å². The lowest BCUT2D eigenvalue weighted by Gasteiger charge is -2.26. The Balaban J connectivity index is 1.53. The highest BCUT2D eigenvalue weighted by Crippen LogP contribution is 2.33. The summed E-state index contributed by atoms with van der Waals surface area (Å²) in [5.74, 6) is 1.18. The van der Waals surface area contributed by atoms with E-state index in [1.165, 1.54) is 27.6 Å². The van der Waals surface area contributed by atoms with Crippen LogP contribution in [0.4, 0.5) is 4.39 Å². The molecule has 0 amide bonds. The van der Waals surface area contributed by atoms with Crippen molar-refractivity contribution in [2.24, 2.45) is 0 Å². The minimum absolute atomic E-state index is 0.117. The molecule has 0 atom stereocenters. The first-order valence-corrected chi connectivity index (χ1v) is 9.45. The second-order valence-corrected chi connectivity index (χ2v) is 7.55. The molecule has 2 heterocycles. The summed E-state index contributed by atoms with van der Waals surface area (Å²) in [4.78, 5) is 4.39. The second kappa shape index (κ2) is 7.51. The normalized spacial score (nSPS) is 11.4. The minimum Gasteiger partial charge on any atom is -0.439 e. The third-order valence-corrected chi connectivity index (χ3v) is 5.07. The molecule has 4 aromatic rings. The quantitative estimate of drug-likeness (QED) is 0.432. The molecule has 0 spiro atoms. The van der Waals surface area contributed by atoms with Gasteiger partial charge in [-0.2, -0.15) is 10.1 Å². The summed E-state index contributed by atoms with van der Waals surface area (Å²) in [7, 11) is 0. The summed E-state index contributed by atoms with van der Waals surface area (Å²) in [6.07, 6.45) is 2.41. The van der Waals surface area contributed by atoms with E-state index in [1.807, 2.05) is 12.1 Å². The summed E-state index contributed by atoms with van der Waals surface area (Å²) >= 11 is 0. The molecule has 4 nitrogen and oxygen atoms in total. The van der Waals surface area contributed by atoms with Gasteiger partial charge in [-0.15, -0.1) is 0 Å². The Morgan fingerprint density at radius 1 is 0.897 bits per heavy atom. The fraction of sp³-hybridized carbons (Fsp3) is 0.167. The van der Waals surface area contributed by atoms with E-state index in [0.717, 1.165) is 6.20 Å². The van der Waals surface area contributed by atoms with Gasteiger partial charge in [0.15, 0.2) is 11.6 Å². The smallest absolute Gasteiger partial charge is 0.221 e. The lowest BCUT2D eigenvalue weighted by molar-refractivity contribution is 0.461. The molecule has 0 aliphatic rings. The molecule has 2 aromatic heterocycles. The predicted octanol–water partition coefficient (Wildman–Crippen LogP) is 5.83. The number of pyridine rings is 1. The fourth-order valence-electron chi connectivity index (χ4n) is 3.21. The topological polar surface area (TPSA) is 39.9 Å². The minimum atomic E-state index is -0.412. The van der Waals surface area contributed by atoms with Crippen LogP contribution in [0.3, 0.4) is 0 Å². The van der Waals surface area contributed by atoms with Gasteiger partial charge in [0.05, 0.1) is 12.4 Å². The van der Waals surface area contributed by atoms with Crippen LogP contribution in [0.25, 0.3) is 5.82 Å². The highest BCUT2D eigenvalue weighted by Gasteiger charge is 2.22. The van der Waals surface area contributed by atoms with Crippen LogP contribution >= 0.6 is 0 Å². The maximum atomic E-state index is 13.2. The van der Waals surface area contributed by atoms with Crippen molar-refractivity contribution in [2.75, 3.05) is 0 Å². The van der Waals surface area contributed by atoms with Crippen LogP contribution in [-0.2, 0) is 5.41 Å². The van der Waals surface area contributed by atoms with Crippen LogP contribution in [0.1, 0.15) is 30.5 Å². The van der Waals surface area contributed by atoms with Crippen molar-refractivity contribution in [3.63, 3.8) is 0 Å². The monoisotopic (exact) mass is 387 g/mol. The van der Waals surface area contributed by atoms with E-state index in [4.69, 9.17) is 4.74 Å². The lowest BCUT2D eigenvalue weighted by atomic mass is 9.78. The van der Waals surface area contributed by atoms with Gasteiger partial charge < -0.3 is 4.74 Å². The Morgan fingerprint density at radius 3 is 2.17 bits per heavy atom. The SMILES string of the molecule is Cc1ccc(C(C)(C)c2ccc(Oc3cccc(-n4cc(F)cn4)n3)cc2)cc1. The van der Waals surface area contributed by atoms with E-state index in [0.29, 0.717) is 17.4 Å². The Kier molecular flexibility index (Phi) is 4.89. The summed E-state index contributed by atoms with van der Waals surface area (Å²) < 4.78 is 20.5. The molecular formula is C24H22FN3O. The molecule has 0 radical (unpaired) electrons. The largest absolute Gasteiger partial charge is 0.439 e. The predicted molar refractivity (Wildman–Crippen MR) is 111 cm³/mol. The van der Waals surface area contributed by atoms with E-state index >= 15 is 0 Å². The average Bonchev–Trinajstić information content (AvgIpc) is 3.15. The molecule has 29 heavy (non-hydrogen) atoms. The second-order valence-electron chi connectivity index (χ2n) is 7.55. The van der Waals surface area contributed by atoms with E-state index < -0.39 is 5.82 Å². The number of hydrogen-bond donors (Lipinski definition) is 0. The van der Waals surface area contributed by atoms with Gasteiger partial charge in [-0.05, 0) is 36.2 Å². The molecule has 0 fully saturated rings. The van der Waals surface area contributed by atoms with Crippen molar-refractivity contribution in [1.82, 2.24) is 14.8 Å². The molecule has 0 N–H and O–H groups in total. The van der Waals surface area contributed by atoms with Gasteiger partial charge >= 0.3 is 0 Å². The summed E-state index contributed by atoms with van der Waals surface area (Å²) in [5, 5.41) is 3.93. The third-order valence-electron chi connectivity index (χ3n) is 5.07. The Morgan fingerprint density at radius 2 is 1.55 bits per heavy atom. The number of halogens is 1. The van der Waals surface area contributed by atoms with Gasteiger partial charge in [-0.25, -0.2) is 9.07 Å². The van der Waals surface area contributed by atoms with Crippen molar-refractivity contribution in [3.8, 4) is 17.4 Å². The van der Waals surface area contributed by atoms with Gasteiger partial charge in [0.2, 0.25) is 5.88 Å². The fourth-order valence-corrected chi connectivity index (χ4v) is 3.21. The first-order valence-electron chi connectivity index (χ1n) is 9.45. The summed E-state index contributed by atoms with van der Waals surface area (Å²) in [5.41, 5.74) is 3.59. The van der Waals surface area contributed by atoms with Gasteiger partial charge in [-0.1, -0.05) is 61.9 Å². The zero-order valence-corrected chi connectivity index (χ0v) is 16.6. The number of aromatic nitrogens is 3. The zero-order chi connectivity index (χ0) is 20.4. The van der Waals surface area contributed by atoms with Crippen molar-refractivity contribution >= 4 is 0 Å². The third kappa shape index (κ3) is 4.04. The zero-order valence-electron chi connectivity index (χ0n) is 16.6. The van der Waals surface area contributed by atoms with Crippen LogP contribution in [-0.4, -0.2) is 14.8 Å². The number of nitrogens with zero attached hydrogens (tertiary/aromatic N) is 3. The van der Waals surface area contributed by atoms with Crippen molar-refractivity contribution in [1.29, 1.82) is 0 Å². The van der Waals surface area contributed by atoms with Crippen LogP contribution in [0.5, 0.6) is 11.6 Å². The Bertz CT molecular complexity index is 1120. The molecular weight excluding hydrogens is 365 g/mol. The maximum Gasteiger partial charge on any atom is 0.221 e. The van der Waals surface area contributed by atoms with Crippen LogP contribution in [0.15, 0.2) is 79.1 Å². The highest BCUT2D eigenvalue weighted by atomic mass is 19.1. The van der Waals surface area contributed by atoms with Crippen LogP contribution in [0, 0.1) is 12.7 Å². The Labute approximate surface area is 169 Å². The number of ether oxygens (including phenoxy) is 1. The van der Waals surface area contributed by atoms with Gasteiger partial charge in [0.25, 0.3) is 0 Å². The number of hydrogen-bond acceptors (Lipinski definition) is 3. The van der Waals surface area contributed by atoms with E-state index in [9.17, 15) is 4.39 Å². The number of rotatable bonds is 5. The molecule has 0 bridgehead atoms. The Hall–Kier alpha value is -3.47. The molecule has 0 aliphatic carbocycles. The molecule has 0 saturated heterocycles. The van der Waals surface area contributed by atoms with Gasteiger partial charge in [0, 0.05) is 11.5 Å². The summed E-state index contributed by atoms with van der Waals surface area (Å²) in [6, 6.07) is 21.9. The number of benzene rings is 2. The van der Waals surface area contributed by atoms with Crippen LogP contribution < -0.4 is 4.74 Å². The molecule has 0 saturated carbocycles. The molecule has 2 aromatic carbocycles. The lowest BCUT2D eigenvalue weighted by Crippen LogP contribution is -2.18.